The molecule has 1 atom stereocenters. The maximum atomic E-state index is 8.34. The Morgan fingerprint density at radius 3 is 1.78 bits per heavy atom. The smallest absolute Gasteiger partial charge is 0.0961 e. The molecule has 0 aromatic carbocycles. The summed E-state index contributed by atoms with van der Waals surface area (Å²) in [7, 11) is 0. The molecule has 3 heteroatoms. The molecule has 0 saturated heterocycles. The first-order valence-corrected chi connectivity index (χ1v) is 7.82. The Morgan fingerprint density at radius 2 is 1.22 bits per heavy atom. The highest BCUT2D eigenvalue weighted by Gasteiger charge is 2.09. The van der Waals surface area contributed by atoms with Crippen molar-refractivity contribution in [2.24, 2.45) is 0 Å². The highest BCUT2D eigenvalue weighted by Crippen LogP contribution is 2.15. The Balaban J connectivity index is 3.31. The summed E-state index contributed by atoms with van der Waals surface area (Å²) in [5, 5.41) is 12.2. The molecule has 0 amide bonds. The molecule has 1 N–H and O–H groups in total. The van der Waals surface area contributed by atoms with Crippen molar-refractivity contribution in [1.82, 2.24) is 0 Å². The van der Waals surface area contributed by atoms with Crippen LogP contribution in [-0.4, -0.2) is 11.4 Å². The van der Waals surface area contributed by atoms with Crippen molar-refractivity contribution < 1.29 is 15.2 Å². The summed E-state index contributed by atoms with van der Waals surface area (Å²) >= 11 is 0. The lowest BCUT2D eigenvalue weighted by Crippen LogP contribution is -2.12. The van der Waals surface area contributed by atoms with Gasteiger partial charge in [0.05, 0.1) is 6.10 Å². The molecule has 110 valence electrons. The van der Waals surface area contributed by atoms with Gasteiger partial charge in [-0.2, -0.15) is 0 Å². The van der Waals surface area contributed by atoms with Gasteiger partial charge >= 0.3 is 0 Å². The summed E-state index contributed by atoms with van der Waals surface area (Å²) in [6.07, 6.45) is 14.9. The van der Waals surface area contributed by atoms with E-state index < -0.39 is 0 Å². The van der Waals surface area contributed by atoms with Gasteiger partial charge in [-0.3, -0.25) is 0 Å². The van der Waals surface area contributed by atoms with E-state index in [0.29, 0.717) is 0 Å². The second-order valence-electron chi connectivity index (χ2n) is 5.20. The molecular weight excluding hydrogens is 228 g/mol. The van der Waals surface area contributed by atoms with Crippen LogP contribution in [0.2, 0.25) is 0 Å². The normalized spacial score (nSPS) is 12.8. The average molecular weight is 260 g/mol. The Bertz CT molecular complexity index is 151. The van der Waals surface area contributed by atoms with Gasteiger partial charge < -0.3 is 0 Å². The first kappa shape index (κ1) is 17.9. The molecule has 0 radical (unpaired) electrons. The van der Waals surface area contributed by atoms with E-state index in [4.69, 9.17) is 10.1 Å². The highest BCUT2D eigenvalue weighted by atomic mass is 17.5. The Hall–Kier alpha value is -0.120. The predicted molar refractivity (Wildman–Crippen MR) is 75.3 cm³/mol. The lowest BCUT2D eigenvalue weighted by molar-refractivity contribution is -0.507. The van der Waals surface area contributed by atoms with Crippen LogP contribution in [0.1, 0.15) is 90.9 Å². The largest absolute Gasteiger partial charge is 0.221 e. The van der Waals surface area contributed by atoms with Crippen LogP contribution in [0.25, 0.3) is 0 Å². The van der Waals surface area contributed by atoms with Crippen LogP contribution < -0.4 is 0 Å². The molecular formula is C15H32O3. The summed E-state index contributed by atoms with van der Waals surface area (Å²) < 4.78 is 0. The fraction of sp³-hybridized carbons (Fsp3) is 1.00. The maximum absolute atomic E-state index is 8.34. The van der Waals surface area contributed by atoms with Gasteiger partial charge in [0.25, 0.3) is 0 Å². The molecule has 3 nitrogen and oxygen atoms in total. The van der Waals surface area contributed by atoms with Crippen LogP contribution in [0.15, 0.2) is 0 Å². The molecule has 0 aliphatic carbocycles. The van der Waals surface area contributed by atoms with Gasteiger partial charge in [-0.25, -0.2) is 10.1 Å². The first-order chi connectivity index (χ1) is 8.85. The lowest BCUT2D eigenvalue weighted by Gasteiger charge is -2.13. The fourth-order valence-corrected chi connectivity index (χ4v) is 2.24. The minimum Gasteiger partial charge on any atom is -0.221 e. The standard InChI is InChI=1S/C15H32O3/c1-3-5-7-8-9-10-11-12-14-15(17-18-16)13-6-4-2/h15-16H,3-14H2,1-2H3. The monoisotopic (exact) mass is 260 g/mol. The minimum atomic E-state index is 0.0649. The third-order valence-corrected chi connectivity index (χ3v) is 3.44. The van der Waals surface area contributed by atoms with E-state index in [1.165, 1.54) is 51.4 Å². The van der Waals surface area contributed by atoms with E-state index in [0.717, 1.165) is 25.7 Å². The molecule has 0 aliphatic rings. The third-order valence-electron chi connectivity index (χ3n) is 3.44. The van der Waals surface area contributed by atoms with E-state index in [9.17, 15) is 0 Å². The molecule has 0 bridgehead atoms. The molecule has 0 aliphatic heterocycles. The molecule has 0 aromatic rings. The van der Waals surface area contributed by atoms with Gasteiger partial charge in [-0.1, -0.05) is 83.1 Å². The van der Waals surface area contributed by atoms with Gasteiger partial charge in [-0.15, -0.1) is 0 Å². The molecule has 0 saturated carbocycles. The molecule has 0 spiro atoms. The predicted octanol–water partition coefficient (Wildman–Crippen LogP) is 5.50. The number of unbranched alkanes of at least 4 members (excludes halogenated alkanes) is 8. The van der Waals surface area contributed by atoms with E-state index >= 15 is 0 Å². The second-order valence-corrected chi connectivity index (χ2v) is 5.20. The third kappa shape index (κ3) is 12.3. The highest BCUT2D eigenvalue weighted by molar-refractivity contribution is 4.57. The molecule has 1 unspecified atom stereocenters. The van der Waals surface area contributed by atoms with Crippen molar-refractivity contribution in [3.05, 3.63) is 0 Å². The maximum Gasteiger partial charge on any atom is 0.0961 e. The SMILES string of the molecule is CCCCCCCCCCC(CCCC)OOO. The number of hydrogen-bond acceptors (Lipinski definition) is 3. The van der Waals surface area contributed by atoms with Crippen LogP contribution in [0.4, 0.5) is 0 Å². The molecule has 0 heterocycles. The Morgan fingerprint density at radius 1 is 0.722 bits per heavy atom. The lowest BCUT2D eigenvalue weighted by atomic mass is 10.0. The summed E-state index contributed by atoms with van der Waals surface area (Å²) in [5.41, 5.74) is 0. The summed E-state index contributed by atoms with van der Waals surface area (Å²) in [6, 6.07) is 0. The van der Waals surface area contributed by atoms with Crippen LogP contribution in [0, 0.1) is 0 Å². The fourth-order valence-electron chi connectivity index (χ4n) is 2.24. The first-order valence-electron chi connectivity index (χ1n) is 7.82. The zero-order valence-corrected chi connectivity index (χ0v) is 12.3. The van der Waals surface area contributed by atoms with Crippen molar-refractivity contribution in [1.29, 1.82) is 0 Å². The molecule has 0 aromatic heterocycles. The van der Waals surface area contributed by atoms with Gasteiger partial charge in [0, 0.05) is 0 Å². The quantitative estimate of drug-likeness (QED) is 0.255. The van der Waals surface area contributed by atoms with E-state index in [2.05, 4.69) is 18.9 Å². The average Bonchev–Trinajstić information content (AvgIpc) is 2.39. The summed E-state index contributed by atoms with van der Waals surface area (Å²) in [5.74, 6) is 0. The van der Waals surface area contributed by atoms with Gasteiger partial charge in [0.1, 0.15) is 0 Å². The second kappa shape index (κ2) is 14.9. The molecule has 0 rings (SSSR count). The van der Waals surface area contributed by atoms with E-state index in [1.54, 1.807) is 0 Å². The van der Waals surface area contributed by atoms with E-state index in [-0.39, 0.29) is 6.10 Å². The van der Waals surface area contributed by atoms with Crippen molar-refractivity contribution in [3.8, 4) is 0 Å². The topological polar surface area (TPSA) is 38.7 Å². The van der Waals surface area contributed by atoms with Crippen molar-refractivity contribution in [2.45, 2.75) is 97.0 Å². The zero-order valence-electron chi connectivity index (χ0n) is 12.3. The van der Waals surface area contributed by atoms with Crippen LogP contribution >= 0.6 is 0 Å². The van der Waals surface area contributed by atoms with Crippen LogP contribution in [0.5, 0.6) is 0 Å². The van der Waals surface area contributed by atoms with Crippen molar-refractivity contribution in [3.63, 3.8) is 0 Å². The number of rotatable bonds is 14. The van der Waals surface area contributed by atoms with Gasteiger partial charge in [0.2, 0.25) is 0 Å². The molecule has 0 fully saturated rings. The Kier molecular flexibility index (Phi) is 14.8. The van der Waals surface area contributed by atoms with Gasteiger partial charge in [0.15, 0.2) is 0 Å². The van der Waals surface area contributed by atoms with Crippen molar-refractivity contribution in [2.75, 3.05) is 0 Å². The van der Waals surface area contributed by atoms with E-state index in [1.807, 2.05) is 0 Å². The Labute approximate surface area is 113 Å². The van der Waals surface area contributed by atoms with Crippen LogP contribution in [0.3, 0.4) is 0 Å². The number of hydrogen-bond donors (Lipinski definition) is 1. The van der Waals surface area contributed by atoms with Crippen molar-refractivity contribution >= 4 is 0 Å². The zero-order chi connectivity index (χ0) is 13.5. The minimum absolute atomic E-state index is 0.0649. The van der Waals surface area contributed by atoms with Gasteiger partial charge in [-0.05, 0) is 12.8 Å². The molecule has 18 heavy (non-hydrogen) atoms. The van der Waals surface area contributed by atoms with Crippen LogP contribution in [-0.2, 0) is 9.93 Å². The summed E-state index contributed by atoms with van der Waals surface area (Å²) in [4.78, 5) is 4.86. The summed E-state index contributed by atoms with van der Waals surface area (Å²) in [6.45, 7) is 4.41.